The van der Waals surface area contributed by atoms with Gasteiger partial charge in [0.05, 0.1) is 7.11 Å². The molecule has 0 bridgehead atoms. The smallest absolute Gasteiger partial charge is 0.305 e. The Morgan fingerprint density at radius 1 is 1.53 bits per heavy atom. The van der Waals surface area contributed by atoms with Crippen LogP contribution in [0.25, 0.3) is 0 Å². The molecule has 4 atom stereocenters. The van der Waals surface area contributed by atoms with Crippen molar-refractivity contribution in [1.29, 1.82) is 0 Å². The molecule has 0 radical (unpaired) electrons. The highest BCUT2D eigenvalue weighted by Gasteiger charge is 2.38. The third-order valence-electron chi connectivity index (χ3n) is 3.19. The molecule has 0 aromatic carbocycles. The van der Waals surface area contributed by atoms with Crippen LogP contribution in [0, 0.1) is 11.8 Å². The zero-order chi connectivity index (χ0) is 14.4. The average molecular weight is 272 g/mol. The van der Waals surface area contributed by atoms with Crippen LogP contribution in [-0.4, -0.2) is 43.2 Å². The molecule has 0 spiro atoms. The molecule has 6 heteroatoms. The summed E-state index contributed by atoms with van der Waals surface area (Å²) >= 11 is 0. The van der Waals surface area contributed by atoms with E-state index in [2.05, 4.69) is 11.3 Å². The minimum atomic E-state index is -0.980. The van der Waals surface area contributed by atoms with Gasteiger partial charge in [0.25, 0.3) is 0 Å². The summed E-state index contributed by atoms with van der Waals surface area (Å²) in [5.74, 6) is -1.09. The maximum Gasteiger partial charge on any atom is 0.305 e. The van der Waals surface area contributed by atoms with Crippen LogP contribution in [0.5, 0.6) is 0 Å². The van der Waals surface area contributed by atoms with E-state index in [1.807, 2.05) is 0 Å². The van der Waals surface area contributed by atoms with Crippen LogP contribution in [0.3, 0.4) is 0 Å². The lowest BCUT2D eigenvalue weighted by Gasteiger charge is -2.38. The highest BCUT2D eigenvalue weighted by Crippen LogP contribution is 2.33. The lowest BCUT2D eigenvalue weighted by Crippen LogP contribution is -2.43. The predicted octanol–water partition coefficient (Wildman–Crippen LogP) is 0.638. The highest BCUT2D eigenvalue weighted by atomic mass is 16.6. The number of carbonyl (C=O) groups is 2. The lowest BCUT2D eigenvalue weighted by molar-refractivity contribution is -0.208. The van der Waals surface area contributed by atoms with E-state index in [1.54, 1.807) is 6.08 Å². The van der Waals surface area contributed by atoms with Gasteiger partial charge in [-0.2, -0.15) is 0 Å². The fraction of sp³-hybridized carbons (Fsp3) is 0.692. The first kappa shape index (κ1) is 15.7. The molecule has 1 saturated heterocycles. The standard InChI is InChI=1S/C13H20O6/c1-4-10-9(5-12(15)17-3)6-13(16)19-11(10)7-18-8(2)14/h4,9-11,13,16H,1,5-7H2,2-3H3/t9-,10-,11-,13?/m1/s1. The summed E-state index contributed by atoms with van der Waals surface area (Å²) in [5, 5.41) is 9.67. The summed E-state index contributed by atoms with van der Waals surface area (Å²) in [7, 11) is 1.32. The maximum atomic E-state index is 11.4. The summed E-state index contributed by atoms with van der Waals surface area (Å²) < 4.78 is 14.9. The van der Waals surface area contributed by atoms with E-state index in [9.17, 15) is 14.7 Å². The van der Waals surface area contributed by atoms with Gasteiger partial charge in [0, 0.05) is 25.7 Å². The Hall–Kier alpha value is -1.40. The summed E-state index contributed by atoms with van der Waals surface area (Å²) in [6.45, 7) is 5.04. The molecule has 108 valence electrons. The van der Waals surface area contributed by atoms with E-state index in [0.29, 0.717) is 6.42 Å². The number of hydrogen-bond acceptors (Lipinski definition) is 6. The number of hydrogen-bond donors (Lipinski definition) is 1. The van der Waals surface area contributed by atoms with E-state index in [1.165, 1.54) is 14.0 Å². The van der Waals surface area contributed by atoms with E-state index in [-0.39, 0.29) is 30.8 Å². The molecule has 1 aliphatic rings. The predicted molar refractivity (Wildman–Crippen MR) is 65.9 cm³/mol. The van der Waals surface area contributed by atoms with Gasteiger partial charge in [-0.3, -0.25) is 9.59 Å². The molecule has 1 unspecified atom stereocenters. The Bertz CT molecular complexity index is 340. The first-order chi connectivity index (χ1) is 8.97. The topological polar surface area (TPSA) is 82.1 Å². The second-order valence-electron chi connectivity index (χ2n) is 4.52. The first-order valence-electron chi connectivity index (χ1n) is 6.14. The molecule has 1 heterocycles. The molecule has 1 fully saturated rings. The third kappa shape index (κ3) is 4.65. The SMILES string of the molecule is C=C[C@@H]1[C@H](CC(=O)OC)CC(O)O[C@@H]1COC(C)=O. The van der Waals surface area contributed by atoms with E-state index < -0.39 is 18.4 Å². The van der Waals surface area contributed by atoms with Gasteiger partial charge in [-0.15, -0.1) is 6.58 Å². The minimum absolute atomic E-state index is 0.0285. The van der Waals surface area contributed by atoms with Gasteiger partial charge in [0.1, 0.15) is 12.7 Å². The largest absolute Gasteiger partial charge is 0.469 e. The molecule has 1 N–H and O–H groups in total. The van der Waals surface area contributed by atoms with Crippen LogP contribution in [-0.2, 0) is 23.8 Å². The van der Waals surface area contributed by atoms with Crippen molar-refractivity contribution in [3.63, 3.8) is 0 Å². The fourth-order valence-electron chi connectivity index (χ4n) is 2.28. The zero-order valence-corrected chi connectivity index (χ0v) is 11.2. The number of ether oxygens (including phenoxy) is 3. The molecular weight excluding hydrogens is 252 g/mol. The van der Waals surface area contributed by atoms with Crippen molar-refractivity contribution in [2.24, 2.45) is 11.8 Å². The summed E-state index contributed by atoms with van der Waals surface area (Å²) in [6, 6.07) is 0. The van der Waals surface area contributed by atoms with Gasteiger partial charge in [-0.25, -0.2) is 0 Å². The molecule has 0 aliphatic carbocycles. The van der Waals surface area contributed by atoms with Crippen molar-refractivity contribution in [1.82, 2.24) is 0 Å². The van der Waals surface area contributed by atoms with Gasteiger partial charge in [-0.1, -0.05) is 6.08 Å². The summed E-state index contributed by atoms with van der Waals surface area (Å²) in [5.41, 5.74) is 0. The average Bonchev–Trinajstić information content (AvgIpc) is 2.35. The van der Waals surface area contributed by atoms with Crippen molar-refractivity contribution in [3.8, 4) is 0 Å². The Labute approximate surface area is 112 Å². The lowest BCUT2D eigenvalue weighted by atomic mass is 9.81. The van der Waals surface area contributed by atoms with Crippen molar-refractivity contribution in [2.45, 2.75) is 32.2 Å². The normalized spacial score (nSPS) is 30.5. The minimum Gasteiger partial charge on any atom is -0.469 e. The maximum absolute atomic E-state index is 11.4. The van der Waals surface area contributed by atoms with Gasteiger partial charge >= 0.3 is 11.9 Å². The number of carbonyl (C=O) groups excluding carboxylic acids is 2. The summed E-state index contributed by atoms with van der Waals surface area (Å²) in [6.07, 6.45) is 0.673. The number of aliphatic hydroxyl groups excluding tert-OH is 1. The number of aliphatic hydroxyl groups is 1. The molecule has 1 aliphatic heterocycles. The van der Waals surface area contributed by atoms with Crippen LogP contribution < -0.4 is 0 Å². The van der Waals surface area contributed by atoms with Gasteiger partial charge < -0.3 is 19.3 Å². The first-order valence-corrected chi connectivity index (χ1v) is 6.14. The second-order valence-corrected chi connectivity index (χ2v) is 4.52. The molecular formula is C13H20O6. The third-order valence-corrected chi connectivity index (χ3v) is 3.19. The molecule has 1 rings (SSSR count). The van der Waals surface area contributed by atoms with Crippen LogP contribution >= 0.6 is 0 Å². The number of rotatable bonds is 5. The van der Waals surface area contributed by atoms with Crippen molar-refractivity contribution in [3.05, 3.63) is 12.7 Å². The van der Waals surface area contributed by atoms with Gasteiger partial charge in [0.15, 0.2) is 6.29 Å². The van der Waals surface area contributed by atoms with Gasteiger partial charge in [-0.05, 0) is 5.92 Å². The van der Waals surface area contributed by atoms with E-state index in [4.69, 9.17) is 9.47 Å². The van der Waals surface area contributed by atoms with E-state index in [0.717, 1.165) is 0 Å². The monoisotopic (exact) mass is 272 g/mol. The quantitative estimate of drug-likeness (QED) is 0.584. The molecule has 19 heavy (non-hydrogen) atoms. The van der Waals surface area contributed by atoms with Crippen LogP contribution in [0.4, 0.5) is 0 Å². The molecule has 0 saturated carbocycles. The van der Waals surface area contributed by atoms with Crippen LogP contribution in [0.1, 0.15) is 19.8 Å². The Balaban J connectivity index is 2.71. The summed E-state index contributed by atoms with van der Waals surface area (Å²) in [4.78, 5) is 22.2. The van der Waals surface area contributed by atoms with Gasteiger partial charge in [0.2, 0.25) is 0 Å². The van der Waals surface area contributed by atoms with Crippen molar-refractivity contribution in [2.75, 3.05) is 13.7 Å². The Morgan fingerprint density at radius 3 is 2.74 bits per heavy atom. The molecule has 0 amide bonds. The van der Waals surface area contributed by atoms with Crippen LogP contribution in [0.2, 0.25) is 0 Å². The van der Waals surface area contributed by atoms with E-state index >= 15 is 0 Å². The Kier molecular flexibility index (Phi) is 5.98. The second kappa shape index (κ2) is 7.25. The number of esters is 2. The Morgan fingerprint density at radius 2 is 2.21 bits per heavy atom. The molecule has 0 aromatic rings. The van der Waals surface area contributed by atoms with Crippen molar-refractivity contribution >= 4 is 11.9 Å². The zero-order valence-electron chi connectivity index (χ0n) is 11.2. The number of methoxy groups -OCH3 is 1. The van der Waals surface area contributed by atoms with Crippen molar-refractivity contribution < 1.29 is 28.9 Å². The highest BCUT2D eigenvalue weighted by molar-refractivity contribution is 5.69. The molecule has 6 nitrogen and oxygen atoms in total. The van der Waals surface area contributed by atoms with Crippen LogP contribution in [0.15, 0.2) is 12.7 Å². The molecule has 0 aromatic heterocycles. The fourth-order valence-corrected chi connectivity index (χ4v) is 2.28.